The van der Waals surface area contributed by atoms with Gasteiger partial charge in [-0.1, -0.05) is 55.9 Å². The van der Waals surface area contributed by atoms with Crippen LogP contribution in [0.1, 0.15) is 36.8 Å². The second kappa shape index (κ2) is 9.41. The zero-order chi connectivity index (χ0) is 19.9. The molecule has 3 rings (SSSR count). The van der Waals surface area contributed by atoms with Crippen LogP contribution >= 0.6 is 11.8 Å². The topological polar surface area (TPSA) is 77.2 Å². The van der Waals surface area contributed by atoms with E-state index in [2.05, 4.69) is 41.5 Å². The molecule has 1 N–H and O–H groups in total. The molecule has 0 spiro atoms. The van der Waals surface area contributed by atoms with E-state index in [9.17, 15) is 4.79 Å². The number of rotatable bonds is 8. The van der Waals surface area contributed by atoms with Gasteiger partial charge in [0.1, 0.15) is 5.75 Å². The number of ether oxygens (including phenoxy) is 1. The van der Waals surface area contributed by atoms with Crippen molar-refractivity contribution in [3.05, 3.63) is 65.5 Å². The molecule has 3 aromatic rings. The fraction of sp³-hybridized carbons (Fsp3) is 0.286. The Morgan fingerprint density at radius 1 is 1.18 bits per heavy atom. The second-order valence-electron chi connectivity index (χ2n) is 6.65. The smallest absolute Gasteiger partial charge is 0.277 e. The van der Waals surface area contributed by atoms with E-state index in [-0.39, 0.29) is 18.3 Å². The highest BCUT2D eigenvalue weighted by atomic mass is 32.2. The standard InChI is InChI=1S/C21H23N3O3S/c1-14(2)17-10-9-15(3)11-18(17)26-12-20-23-24-21(27-20)28-13-19(25)22-16-7-5-4-6-8-16/h4-11,14H,12-13H2,1-3H3,(H,22,25). The minimum atomic E-state index is -0.131. The van der Waals surface area contributed by atoms with E-state index < -0.39 is 0 Å². The van der Waals surface area contributed by atoms with Crippen LogP contribution in [0.3, 0.4) is 0 Å². The molecule has 1 heterocycles. The number of para-hydroxylation sites is 1. The summed E-state index contributed by atoms with van der Waals surface area (Å²) in [7, 11) is 0. The van der Waals surface area contributed by atoms with E-state index in [0.717, 1.165) is 22.6 Å². The summed E-state index contributed by atoms with van der Waals surface area (Å²) in [6.07, 6.45) is 0. The van der Waals surface area contributed by atoms with Crippen LogP contribution in [0.4, 0.5) is 5.69 Å². The molecule has 0 unspecified atom stereocenters. The number of carbonyl (C=O) groups excluding carboxylic acids is 1. The van der Waals surface area contributed by atoms with Gasteiger partial charge in [0.2, 0.25) is 5.91 Å². The van der Waals surface area contributed by atoms with Crippen LogP contribution in [0.5, 0.6) is 5.75 Å². The normalized spacial score (nSPS) is 10.9. The minimum absolute atomic E-state index is 0.131. The van der Waals surface area contributed by atoms with Crippen molar-refractivity contribution >= 4 is 23.4 Å². The van der Waals surface area contributed by atoms with Crippen molar-refractivity contribution in [2.75, 3.05) is 11.1 Å². The molecule has 7 heteroatoms. The van der Waals surface area contributed by atoms with Gasteiger partial charge in [-0.15, -0.1) is 10.2 Å². The average Bonchev–Trinajstić information content (AvgIpc) is 3.13. The van der Waals surface area contributed by atoms with Gasteiger partial charge in [0.05, 0.1) is 5.75 Å². The van der Waals surface area contributed by atoms with Gasteiger partial charge in [-0.25, -0.2) is 0 Å². The Balaban J connectivity index is 1.52. The summed E-state index contributed by atoms with van der Waals surface area (Å²) < 4.78 is 11.5. The first-order chi connectivity index (χ1) is 13.5. The average molecular weight is 398 g/mol. The molecule has 0 aliphatic carbocycles. The number of hydrogen-bond donors (Lipinski definition) is 1. The first-order valence-corrected chi connectivity index (χ1v) is 10.0. The van der Waals surface area contributed by atoms with Crippen molar-refractivity contribution in [1.29, 1.82) is 0 Å². The quantitative estimate of drug-likeness (QED) is 0.550. The van der Waals surface area contributed by atoms with Crippen LogP contribution in [0.2, 0.25) is 0 Å². The number of benzene rings is 2. The lowest BCUT2D eigenvalue weighted by Gasteiger charge is -2.13. The van der Waals surface area contributed by atoms with Crippen molar-refractivity contribution < 1.29 is 13.9 Å². The minimum Gasteiger partial charge on any atom is -0.484 e. The second-order valence-corrected chi connectivity index (χ2v) is 7.58. The van der Waals surface area contributed by atoms with E-state index in [0.29, 0.717) is 17.0 Å². The molecule has 6 nitrogen and oxygen atoms in total. The number of hydrogen-bond acceptors (Lipinski definition) is 6. The van der Waals surface area contributed by atoms with Crippen LogP contribution in [0.25, 0.3) is 0 Å². The van der Waals surface area contributed by atoms with Crippen LogP contribution in [0, 0.1) is 6.92 Å². The maximum absolute atomic E-state index is 12.0. The zero-order valence-corrected chi connectivity index (χ0v) is 17.0. The van der Waals surface area contributed by atoms with Gasteiger partial charge < -0.3 is 14.5 Å². The Morgan fingerprint density at radius 2 is 1.96 bits per heavy atom. The summed E-state index contributed by atoms with van der Waals surface area (Å²) in [6.45, 7) is 6.46. The molecular weight excluding hydrogens is 374 g/mol. The number of thioether (sulfide) groups is 1. The molecule has 0 atom stereocenters. The highest BCUT2D eigenvalue weighted by molar-refractivity contribution is 7.99. The lowest BCUT2D eigenvalue weighted by atomic mass is 10.0. The molecule has 1 amide bonds. The summed E-state index contributed by atoms with van der Waals surface area (Å²) in [4.78, 5) is 12.0. The van der Waals surface area contributed by atoms with E-state index in [1.54, 1.807) is 0 Å². The van der Waals surface area contributed by atoms with E-state index in [1.807, 2.05) is 43.3 Å². The highest BCUT2D eigenvalue weighted by Crippen LogP contribution is 2.28. The fourth-order valence-corrected chi connectivity index (χ4v) is 3.16. The molecule has 28 heavy (non-hydrogen) atoms. The molecule has 0 saturated heterocycles. The van der Waals surface area contributed by atoms with Crippen LogP contribution < -0.4 is 10.1 Å². The molecule has 0 bridgehead atoms. The number of nitrogens with zero attached hydrogens (tertiary/aromatic N) is 2. The highest BCUT2D eigenvalue weighted by Gasteiger charge is 2.13. The van der Waals surface area contributed by atoms with Crippen molar-refractivity contribution in [2.45, 2.75) is 38.5 Å². The third-order valence-corrected chi connectivity index (χ3v) is 4.79. The SMILES string of the molecule is Cc1ccc(C(C)C)c(OCc2nnc(SCC(=O)Nc3ccccc3)o2)c1. The molecule has 0 radical (unpaired) electrons. The molecule has 1 aromatic heterocycles. The van der Waals surface area contributed by atoms with E-state index in [1.165, 1.54) is 11.8 Å². The maximum Gasteiger partial charge on any atom is 0.277 e. The number of amides is 1. The lowest BCUT2D eigenvalue weighted by Crippen LogP contribution is -2.13. The number of aryl methyl sites for hydroxylation is 1. The van der Waals surface area contributed by atoms with Gasteiger partial charge in [-0.2, -0.15) is 0 Å². The first-order valence-electron chi connectivity index (χ1n) is 9.04. The molecule has 0 aliphatic heterocycles. The summed E-state index contributed by atoms with van der Waals surface area (Å²) >= 11 is 1.19. The van der Waals surface area contributed by atoms with Gasteiger partial charge in [0.25, 0.3) is 11.1 Å². The Labute approximate surface area is 168 Å². The van der Waals surface area contributed by atoms with Gasteiger partial charge in [-0.3, -0.25) is 4.79 Å². The van der Waals surface area contributed by atoms with Crippen LogP contribution in [-0.2, 0) is 11.4 Å². The Morgan fingerprint density at radius 3 is 2.71 bits per heavy atom. The number of nitrogens with one attached hydrogen (secondary N) is 1. The lowest BCUT2D eigenvalue weighted by molar-refractivity contribution is -0.113. The van der Waals surface area contributed by atoms with Crippen LogP contribution in [0.15, 0.2) is 58.2 Å². The summed E-state index contributed by atoms with van der Waals surface area (Å²) in [5.41, 5.74) is 3.02. The largest absolute Gasteiger partial charge is 0.484 e. The predicted octanol–water partition coefficient (Wildman–Crippen LogP) is 4.81. The molecule has 146 valence electrons. The third-order valence-electron chi connectivity index (χ3n) is 3.97. The Bertz CT molecular complexity index is 926. The first kappa shape index (κ1) is 19.9. The summed E-state index contributed by atoms with van der Waals surface area (Å²) in [6, 6.07) is 15.5. The van der Waals surface area contributed by atoms with Gasteiger partial charge in [0.15, 0.2) is 6.61 Å². The summed E-state index contributed by atoms with van der Waals surface area (Å²) in [5.74, 6) is 1.61. The van der Waals surface area contributed by atoms with Crippen molar-refractivity contribution in [1.82, 2.24) is 10.2 Å². The van der Waals surface area contributed by atoms with E-state index >= 15 is 0 Å². The maximum atomic E-state index is 12.0. The molecule has 2 aromatic carbocycles. The zero-order valence-electron chi connectivity index (χ0n) is 16.1. The Kier molecular flexibility index (Phi) is 6.71. The number of aromatic nitrogens is 2. The molecular formula is C21H23N3O3S. The monoisotopic (exact) mass is 397 g/mol. The number of anilines is 1. The summed E-state index contributed by atoms with van der Waals surface area (Å²) in [5, 5.41) is 11.1. The van der Waals surface area contributed by atoms with Crippen molar-refractivity contribution in [3.8, 4) is 5.75 Å². The number of carbonyl (C=O) groups is 1. The molecule has 0 saturated carbocycles. The van der Waals surface area contributed by atoms with Gasteiger partial charge in [-0.05, 0) is 42.2 Å². The molecule has 0 aliphatic rings. The van der Waals surface area contributed by atoms with Gasteiger partial charge in [0, 0.05) is 5.69 Å². The predicted molar refractivity (Wildman–Crippen MR) is 110 cm³/mol. The fourth-order valence-electron chi connectivity index (χ4n) is 2.58. The molecule has 0 fully saturated rings. The van der Waals surface area contributed by atoms with Crippen molar-refractivity contribution in [2.24, 2.45) is 0 Å². The van der Waals surface area contributed by atoms with E-state index in [4.69, 9.17) is 9.15 Å². The Hall–Kier alpha value is -2.80. The third kappa shape index (κ3) is 5.60. The van der Waals surface area contributed by atoms with Crippen LogP contribution in [-0.4, -0.2) is 21.9 Å². The van der Waals surface area contributed by atoms with Gasteiger partial charge >= 0.3 is 0 Å². The van der Waals surface area contributed by atoms with Crippen molar-refractivity contribution in [3.63, 3.8) is 0 Å².